The van der Waals surface area contributed by atoms with Gasteiger partial charge in [0.25, 0.3) is 0 Å². The van der Waals surface area contributed by atoms with Crippen LogP contribution in [0.1, 0.15) is 6.92 Å². The first-order valence-corrected chi connectivity index (χ1v) is 5.73. The molecule has 0 bridgehead atoms. The second kappa shape index (κ2) is 6.97. The smallest absolute Gasteiger partial charge is 0.242 e. The van der Waals surface area contributed by atoms with Gasteiger partial charge in [0.15, 0.2) is 11.0 Å². The summed E-state index contributed by atoms with van der Waals surface area (Å²) in [5.41, 5.74) is 5.90. The number of nitrogens with two attached hydrogens (primary N) is 1. The molecular weight excluding hydrogens is 258 g/mol. The van der Waals surface area contributed by atoms with E-state index < -0.39 is 6.04 Å². The normalized spacial score (nSPS) is 11.9. The molecule has 4 N–H and O–H groups in total. The van der Waals surface area contributed by atoms with Crippen molar-refractivity contribution in [3.8, 4) is 0 Å². The lowest BCUT2D eigenvalue weighted by molar-refractivity contribution is -0.121. The van der Waals surface area contributed by atoms with Crippen molar-refractivity contribution in [3.63, 3.8) is 0 Å². The number of halogens is 1. The molecule has 0 aliphatic heterocycles. The van der Waals surface area contributed by atoms with Crippen molar-refractivity contribution in [3.05, 3.63) is 11.5 Å². The summed E-state index contributed by atoms with van der Waals surface area (Å²) in [5.74, 6) is 0.158. The van der Waals surface area contributed by atoms with Crippen LogP contribution in [0.4, 0.5) is 11.5 Å². The lowest BCUT2D eigenvalue weighted by atomic mass is 10.3. The zero-order valence-electron chi connectivity index (χ0n) is 10.2. The molecule has 0 aliphatic rings. The van der Waals surface area contributed by atoms with Gasteiger partial charge in [0.1, 0.15) is 18.1 Å². The number of hydrogen-bond acceptors (Lipinski definition) is 6. The number of amides is 1. The van der Waals surface area contributed by atoms with E-state index in [1.807, 2.05) is 0 Å². The maximum atomic E-state index is 11.7. The first kappa shape index (κ1) is 14.5. The van der Waals surface area contributed by atoms with Crippen molar-refractivity contribution in [2.75, 3.05) is 31.3 Å². The first-order valence-electron chi connectivity index (χ1n) is 5.35. The van der Waals surface area contributed by atoms with E-state index in [1.165, 1.54) is 6.33 Å². The third kappa shape index (κ3) is 4.01. The summed E-state index contributed by atoms with van der Waals surface area (Å²) in [7, 11) is 1.57. The Labute approximate surface area is 110 Å². The molecule has 1 atom stereocenters. The van der Waals surface area contributed by atoms with Gasteiger partial charge in [0.05, 0.1) is 6.61 Å². The molecule has 0 fully saturated rings. The topological polar surface area (TPSA) is 102 Å². The van der Waals surface area contributed by atoms with Gasteiger partial charge in [0, 0.05) is 13.7 Å². The molecule has 1 heterocycles. The summed E-state index contributed by atoms with van der Waals surface area (Å²) in [6.45, 7) is 2.60. The second-order valence-electron chi connectivity index (χ2n) is 3.58. The predicted octanol–water partition coefficient (Wildman–Crippen LogP) is 0.275. The number of aromatic nitrogens is 2. The Bertz CT molecular complexity index is 415. The van der Waals surface area contributed by atoms with E-state index in [-0.39, 0.29) is 16.7 Å². The molecule has 1 aromatic rings. The van der Waals surface area contributed by atoms with Crippen molar-refractivity contribution in [1.82, 2.24) is 15.3 Å². The van der Waals surface area contributed by atoms with Crippen LogP contribution in [0.2, 0.25) is 5.15 Å². The molecule has 0 aliphatic carbocycles. The van der Waals surface area contributed by atoms with Gasteiger partial charge in [-0.2, -0.15) is 0 Å². The Balaban J connectivity index is 2.56. The molecule has 1 unspecified atom stereocenters. The highest BCUT2D eigenvalue weighted by atomic mass is 35.5. The fourth-order valence-corrected chi connectivity index (χ4v) is 1.32. The standard InChI is InChI=1S/C10H16ClN5O2/c1-6(10(17)13-3-4-18-2)16-9-7(12)8(11)14-5-15-9/h5-6H,3-4,12H2,1-2H3,(H,13,17)(H,14,15,16). The zero-order chi connectivity index (χ0) is 13.5. The van der Waals surface area contributed by atoms with E-state index >= 15 is 0 Å². The Hall–Kier alpha value is -1.60. The van der Waals surface area contributed by atoms with Crippen LogP contribution in [0.15, 0.2) is 6.33 Å². The number of methoxy groups -OCH3 is 1. The molecule has 0 spiro atoms. The van der Waals surface area contributed by atoms with Crippen LogP contribution in [-0.2, 0) is 9.53 Å². The molecule has 0 aromatic carbocycles. The van der Waals surface area contributed by atoms with Gasteiger partial charge in [-0.1, -0.05) is 11.6 Å². The molecule has 1 aromatic heterocycles. The number of nitrogens with one attached hydrogen (secondary N) is 2. The molecule has 1 rings (SSSR count). The summed E-state index contributed by atoms with van der Waals surface area (Å²) in [6.07, 6.45) is 1.27. The van der Waals surface area contributed by atoms with E-state index in [1.54, 1.807) is 14.0 Å². The number of anilines is 2. The van der Waals surface area contributed by atoms with E-state index in [0.717, 1.165) is 0 Å². The summed E-state index contributed by atoms with van der Waals surface area (Å²) < 4.78 is 4.83. The average Bonchev–Trinajstić information content (AvgIpc) is 2.35. The number of nitrogen functional groups attached to an aromatic ring is 1. The van der Waals surface area contributed by atoms with E-state index in [4.69, 9.17) is 22.1 Å². The van der Waals surface area contributed by atoms with Crippen molar-refractivity contribution in [2.45, 2.75) is 13.0 Å². The van der Waals surface area contributed by atoms with Crippen LogP contribution in [0.5, 0.6) is 0 Å². The number of hydrogen-bond donors (Lipinski definition) is 3. The summed E-state index contributed by atoms with van der Waals surface area (Å²) in [6, 6.07) is -0.491. The van der Waals surface area contributed by atoms with Crippen LogP contribution in [0.3, 0.4) is 0 Å². The van der Waals surface area contributed by atoms with Crippen molar-refractivity contribution >= 4 is 29.0 Å². The van der Waals surface area contributed by atoms with Crippen LogP contribution >= 0.6 is 11.6 Å². The Morgan fingerprint density at radius 2 is 2.33 bits per heavy atom. The Morgan fingerprint density at radius 3 is 3.00 bits per heavy atom. The first-order chi connectivity index (χ1) is 8.56. The van der Waals surface area contributed by atoms with E-state index in [9.17, 15) is 4.79 Å². The number of ether oxygens (including phenoxy) is 1. The van der Waals surface area contributed by atoms with Gasteiger partial charge < -0.3 is 21.1 Å². The van der Waals surface area contributed by atoms with Gasteiger partial charge in [-0.25, -0.2) is 9.97 Å². The second-order valence-corrected chi connectivity index (χ2v) is 3.93. The lowest BCUT2D eigenvalue weighted by Gasteiger charge is -2.15. The molecule has 100 valence electrons. The molecule has 8 heteroatoms. The van der Waals surface area contributed by atoms with Gasteiger partial charge in [-0.3, -0.25) is 4.79 Å². The highest BCUT2D eigenvalue weighted by molar-refractivity contribution is 6.32. The third-order valence-corrected chi connectivity index (χ3v) is 2.49. The number of nitrogens with zero attached hydrogens (tertiary/aromatic N) is 2. The van der Waals surface area contributed by atoms with Crippen molar-refractivity contribution in [2.24, 2.45) is 0 Å². The molecule has 0 radical (unpaired) electrons. The molecule has 1 amide bonds. The number of rotatable bonds is 6. The zero-order valence-corrected chi connectivity index (χ0v) is 11.0. The lowest BCUT2D eigenvalue weighted by Crippen LogP contribution is -2.39. The maximum Gasteiger partial charge on any atom is 0.242 e. The minimum absolute atomic E-state index is 0.152. The van der Waals surface area contributed by atoms with E-state index in [2.05, 4.69) is 20.6 Å². The van der Waals surface area contributed by atoms with Gasteiger partial charge in [0.2, 0.25) is 5.91 Å². The summed E-state index contributed by atoms with van der Waals surface area (Å²) in [4.78, 5) is 19.3. The molecule has 0 saturated heterocycles. The van der Waals surface area contributed by atoms with Crippen LogP contribution < -0.4 is 16.4 Å². The fourth-order valence-electron chi connectivity index (χ4n) is 1.19. The molecular formula is C10H16ClN5O2. The minimum Gasteiger partial charge on any atom is -0.393 e. The molecule has 18 heavy (non-hydrogen) atoms. The van der Waals surface area contributed by atoms with Gasteiger partial charge in [-0.05, 0) is 6.92 Å². The SMILES string of the molecule is COCCNC(=O)C(C)Nc1ncnc(Cl)c1N. The summed E-state index contributed by atoms with van der Waals surface area (Å²) >= 11 is 5.75. The molecule has 0 saturated carbocycles. The van der Waals surface area contributed by atoms with Crippen molar-refractivity contribution < 1.29 is 9.53 Å². The average molecular weight is 274 g/mol. The third-order valence-electron chi connectivity index (χ3n) is 2.19. The van der Waals surface area contributed by atoms with Gasteiger partial charge in [-0.15, -0.1) is 0 Å². The predicted molar refractivity (Wildman–Crippen MR) is 69.4 cm³/mol. The number of carbonyl (C=O) groups is 1. The Kier molecular flexibility index (Phi) is 5.60. The largest absolute Gasteiger partial charge is 0.393 e. The maximum absolute atomic E-state index is 11.7. The number of carbonyl (C=O) groups excluding carboxylic acids is 1. The molecule has 7 nitrogen and oxygen atoms in total. The monoisotopic (exact) mass is 273 g/mol. The van der Waals surface area contributed by atoms with Crippen LogP contribution in [-0.4, -0.2) is 42.2 Å². The van der Waals surface area contributed by atoms with E-state index in [0.29, 0.717) is 19.0 Å². The highest BCUT2D eigenvalue weighted by Crippen LogP contribution is 2.22. The highest BCUT2D eigenvalue weighted by Gasteiger charge is 2.15. The quantitative estimate of drug-likeness (QED) is 0.508. The minimum atomic E-state index is -0.491. The fraction of sp³-hybridized carbons (Fsp3) is 0.500. The summed E-state index contributed by atoms with van der Waals surface area (Å²) in [5, 5.41) is 5.71. The van der Waals surface area contributed by atoms with Crippen LogP contribution in [0, 0.1) is 0 Å². The Morgan fingerprint density at radius 1 is 1.61 bits per heavy atom. The van der Waals surface area contributed by atoms with Crippen molar-refractivity contribution in [1.29, 1.82) is 0 Å². The van der Waals surface area contributed by atoms with Crippen LogP contribution in [0.25, 0.3) is 0 Å². The van der Waals surface area contributed by atoms with Gasteiger partial charge >= 0.3 is 0 Å².